The normalized spacial score (nSPS) is 20.0. The van der Waals surface area contributed by atoms with Crippen LogP contribution in [-0.2, 0) is 24.2 Å². The number of amides is 1. The number of halogens is 1. The molecule has 9 heteroatoms. The number of benzene rings is 1. The maximum absolute atomic E-state index is 12.3. The smallest absolute Gasteiger partial charge is 0.317 e. The van der Waals surface area contributed by atoms with E-state index in [4.69, 9.17) is 16.3 Å². The zero-order valence-corrected chi connectivity index (χ0v) is 16.4. The molecule has 2 rings (SSSR count). The maximum Gasteiger partial charge on any atom is 0.317 e. The van der Waals surface area contributed by atoms with Gasteiger partial charge in [-0.05, 0) is 37.6 Å². The fourth-order valence-electron chi connectivity index (χ4n) is 2.50. The predicted molar refractivity (Wildman–Crippen MR) is 97.6 cm³/mol. The summed E-state index contributed by atoms with van der Waals surface area (Å²) < 4.78 is 28.2. The first-order valence-corrected chi connectivity index (χ1v) is 10.9. The minimum atomic E-state index is -3.08. The third kappa shape index (κ3) is 5.90. The molecule has 0 radical (unpaired) electrons. The number of thioether (sulfide) groups is 1. The zero-order chi connectivity index (χ0) is 18.6. The molecule has 0 saturated carbocycles. The molecule has 1 amide bonds. The quantitative estimate of drug-likeness (QED) is 0.532. The number of nitrogens with zero attached hydrogens (tertiary/aromatic N) is 1. The van der Waals surface area contributed by atoms with Crippen molar-refractivity contribution in [2.45, 2.75) is 30.4 Å². The topological polar surface area (TPSA) is 80.8 Å². The Morgan fingerprint density at radius 1 is 1.36 bits per heavy atom. The van der Waals surface area contributed by atoms with Gasteiger partial charge in [0.05, 0.1) is 17.3 Å². The zero-order valence-electron chi connectivity index (χ0n) is 14.0. The van der Waals surface area contributed by atoms with E-state index in [-0.39, 0.29) is 23.3 Å². The lowest BCUT2D eigenvalue weighted by atomic mass is 10.2. The minimum absolute atomic E-state index is 0.0394. The van der Waals surface area contributed by atoms with Crippen molar-refractivity contribution in [1.82, 2.24) is 4.90 Å². The third-order valence-corrected chi connectivity index (χ3v) is 6.92. The van der Waals surface area contributed by atoms with Gasteiger partial charge in [-0.25, -0.2) is 8.42 Å². The van der Waals surface area contributed by atoms with E-state index in [1.807, 2.05) is 0 Å². The van der Waals surface area contributed by atoms with E-state index in [0.717, 1.165) is 4.90 Å². The second-order valence-electron chi connectivity index (χ2n) is 5.88. The number of rotatable bonds is 6. The first kappa shape index (κ1) is 20.1. The van der Waals surface area contributed by atoms with Gasteiger partial charge in [0.25, 0.3) is 5.91 Å². The first-order chi connectivity index (χ1) is 11.7. The number of esters is 1. The first-order valence-electron chi connectivity index (χ1n) is 7.73. The van der Waals surface area contributed by atoms with E-state index in [9.17, 15) is 18.0 Å². The van der Waals surface area contributed by atoms with Crippen molar-refractivity contribution in [3.8, 4) is 0 Å². The summed E-state index contributed by atoms with van der Waals surface area (Å²) in [4.78, 5) is 26.5. The van der Waals surface area contributed by atoms with Gasteiger partial charge in [-0.15, -0.1) is 11.8 Å². The van der Waals surface area contributed by atoms with Gasteiger partial charge in [0.2, 0.25) is 0 Å². The molecule has 0 aromatic heterocycles. The molecule has 1 saturated heterocycles. The number of carbonyl (C=O) groups excluding carboxylic acids is 2. The lowest BCUT2D eigenvalue weighted by Gasteiger charge is -2.26. The van der Waals surface area contributed by atoms with Crippen LogP contribution >= 0.6 is 23.4 Å². The van der Waals surface area contributed by atoms with Gasteiger partial charge in [0.1, 0.15) is 0 Å². The van der Waals surface area contributed by atoms with Gasteiger partial charge in [0, 0.05) is 23.0 Å². The van der Waals surface area contributed by atoms with E-state index in [1.165, 1.54) is 23.6 Å². The highest BCUT2D eigenvalue weighted by Gasteiger charge is 2.34. The second kappa shape index (κ2) is 8.42. The van der Waals surface area contributed by atoms with Crippen molar-refractivity contribution in [3.05, 3.63) is 29.3 Å². The van der Waals surface area contributed by atoms with Gasteiger partial charge in [-0.2, -0.15) is 0 Å². The Bertz CT molecular complexity index is 735. The highest BCUT2D eigenvalue weighted by molar-refractivity contribution is 8.00. The Morgan fingerprint density at radius 3 is 2.56 bits per heavy atom. The molecule has 6 nitrogen and oxygen atoms in total. The van der Waals surface area contributed by atoms with Crippen molar-refractivity contribution < 1.29 is 22.7 Å². The molecule has 1 aliphatic heterocycles. The molecule has 2 atom stereocenters. The van der Waals surface area contributed by atoms with Gasteiger partial charge in [0.15, 0.2) is 15.9 Å². The fraction of sp³-hybridized carbons (Fsp3) is 0.500. The summed E-state index contributed by atoms with van der Waals surface area (Å²) in [5, 5.41) is 0.614. The maximum atomic E-state index is 12.3. The van der Waals surface area contributed by atoms with Crippen LogP contribution < -0.4 is 0 Å². The molecule has 138 valence electrons. The van der Waals surface area contributed by atoms with Crippen LogP contribution in [0.4, 0.5) is 0 Å². The Balaban J connectivity index is 1.81. The lowest BCUT2D eigenvalue weighted by Crippen LogP contribution is -2.44. The summed E-state index contributed by atoms with van der Waals surface area (Å²) in [5.41, 5.74) is 0. The van der Waals surface area contributed by atoms with Crippen LogP contribution in [0, 0.1) is 0 Å². The lowest BCUT2D eigenvalue weighted by molar-refractivity contribution is -0.157. The summed E-state index contributed by atoms with van der Waals surface area (Å²) in [5.74, 6) is -0.787. The van der Waals surface area contributed by atoms with Gasteiger partial charge in [-0.3, -0.25) is 9.59 Å². The second-order valence-corrected chi connectivity index (χ2v) is 9.59. The molecule has 1 aromatic rings. The number of hydrogen-bond donors (Lipinski definition) is 0. The molecule has 0 N–H and O–H groups in total. The molecule has 1 heterocycles. The van der Waals surface area contributed by atoms with E-state index in [0.29, 0.717) is 11.4 Å². The highest BCUT2D eigenvalue weighted by Crippen LogP contribution is 2.21. The number of sulfone groups is 1. The summed E-state index contributed by atoms with van der Waals surface area (Å²) >= 11 is 7.09. The molecule has 0 bridgehead atoms. The molecule has 1 aliphatic rings. The predicted octanol–water partition coefficient (Wildman–Crippen LogP) is 2.01. The van der Waals surface area contributed by atoms with Crippen LogP contribution in [0.5, 0.6) is 0 Å². The van der Waals surface area contributed by atoms with Crippen molar-refractivity contribution in [3.63, 3.8) is 0 Å². The van der Waals surface area contributed by atoms with Crippen molar-refractivity contribution in [2.24, 2.45) is 0 Å². The summed E-state index contributed by atoms with van der Waals surface area (Å²) in [7, 11) is -1.54. The van der Waals surface area contributed by atoms with Crippen LogP contribution in [0.3, 0.4) is 0 Å². The van der Waals surface area contributed by atoms with Crippen LogP contribution in [0.25, 0.3) is 0 Å². The summed E-state index contributed by atoms with van der Waals surface area (Å²) in [6, 6.07) is 6.69. The highest BCUT2D eigenvalue weighted by atomic mass is 35.5. The van der Waals surface area contributed by atoms with Gasteiger partial charge < -0.3 is 9.64 Å². The molecule has 2 unspecified atom stereocenters. The molecule has 25 heavy (non-hydrogen) atoms. The third-order valence-electron chi connectivity index (χ3n) is 3.93. The van der Waals surface area contributed by atoms with E-state index in [1.54, 1.807) is 31.3 Å². The van der Waals surface area contributed by atoms with Crippen LogP contribution in [0.15, 0.2) is 29.2 Å². The van der Waals surface area contributed by atoms with E-state index >= 15 is 0 Å². The van der Waals surface area contributed by atoms with Crippen LogP contribution in [0.2, 0.25) is 5.02 Å². The molecule has 1 aromatic carbocycles. The van der Waals surface area contributed by atoms with Crippen molar-refractivity contribution in [2.75, 3.05) is 24.3 Å². The molecular formula is C16H20ClNO5S2. The van der Waals surface area contributed by atoms with Gasteiger partial charge >= 0.3 is 5.97 Å². The van der Waals surface area contributed by atoms with Crippen LogP contribution in [0.1, 0.15) is 13.3 Å². The molecule has 0 spiro atoms. The van der Waals surface area contributed by atoms with E-state index in [2.05, 4.69) is 0 Å². The van der Waals surface area contributed by atoms with Gasteiger partial charge in [-0.1, -0.05) is 11.6 Å². The van der Waals surface area contributed by atoms with Crippen LogP contribution in [-0.4, -0.2) is 61.6 Å². The summed E-state index contributed by atoms with van der Waals surface area (Å²) in [6.07, 6.45) is -0.538. The van der Waals surface area contributed by atoms with Crippen molar-refractivity contribution >= 4 is 45.1 Å². The minimum Gasteiger partial charge on any atom is -0.452 e. The number of likely N-dealkylation sites (N-methyl/N-ethyl adjacent to an activating group) is 1. The molecule has 1 fully saturated rings. The Labute approximate surface area is 156 Å². The van der Waals surface area contributed by atoms with Crippen molar-refractivity contribution in [1.29, 1.82) is 0 Å². The Morgan fingerprint density at radius 2 is 2.00 bits per heavy atom. The average molecular weight is 406 g/mol. The average Bonchev–Trinajstić information content (AvgIpc) is 2.93. The standard InChI is InChI=1S/C16H20ClNO5S2/c1-11(16(20)18(2)13-7-8-25(21,22)10-13)23-15(19)9-24-14-5-3-12(17)4-6-14/h3-6,11,13H,7-10H2,1-2H3. The molecular weight excluding hydrogens is 386 g/mol. The monoisotopic (exact) mass is 405 g/mol. The van der Waals surface area contributed by atoms with E-state index < -0.39 is 27.8 Å². The number of hydrogen-bond acceptors (Lipinski definition) is 6. The Hall–Kier alpha value is -1.25. The number of ether oxygens (including phenoxy) is 1. The molecule has 0 aliphatic carbocycles. The summed E-state index contributed by atoms with van der Waals surface area (Å²) in [6.45, 7) is 1.49. The Kier molecular flexibility index (Phi) is 6.76. The largest absolute Gasteiger partial charge is 0.452 e. The number of carbonyl (C=O) groups is 2. The fourth-order valence-corrected chi connectivity index (χ4v) is 5.08. The SMILES string of the molecule is CC(OC(=O)CSc1ccc(Cl)cc1)C(=O)N(C)C1CCS(=O)(=O)C1.